The molecule has 1 saturated heterocycles. The summed E-state index contributed by atoms with van der Waals surface area (Å²) in [5.74, 6) is 2.70. The molecule has 0 N–H and O–H groups in total. The maximum Gasteiger partial charge on any atom is 0.134 e. The quantitative estimate of drug-likeness (QED) is 0.386. The first-order valence-electron chi connectivity index (χ1n) is 4.73. The predicted molar refractivity (Wildman–Crippen MR) is 50.2 cm³/mol. The van der Waals surface area contributed by atoms with Gasteiger partial charge in [-0.2, -0.15) is 0 Å². The average Bonchev–Trinajstić information content (AvgIpc) is 1.97. The highest BCUT2D eigenvalue weighted by Crippen LogP contribution is 2.41. The normalized spacial score (nSPS) is 50.0. The molecule has 2 fully saturated rings. The van der Waals surface area contributed by atoms with E-state index in [1.807, 2.05) is 0 Å². The van der Waals surface area contributed by atoms with E-state index in [1.165, 1.54) is 25.6 Å². The highest BCUT2D eigenvalue weighted by molar-refractivity contribution is 6.53. The molecule has 2 heteroatoms. The van der Waals surface area contributed by atoms with E-state index in [-0.39, 0.29) is 0 Å². The second kappa shape index (κ2) is 3.01. The highest BCUT2D eigenvalue weighted by Gasteiger charge is 2.35. The van der Waals surface area contributed by atoms with Crippen LogP contribution in [0.2, 0.25) is 6.32 Å². The van der Waals surface area contributed by atoms with E-state index in [0.717, 1.165) is 17.8 Å². The molecule has 0 spiro atoms. The number of alkyl halides is 1. The maximum atomic E-state index is 6.19. The lowest BCUT2D eigenvalue weighted by Crippen LogP contribution is -2.36. The third-order valence-electron chi connectivity index (χ3n) is 3.22. The molecule has 4 unspecified atom stereocenters. The Morgan fingerprint density at radius 3 is 2.91 bits per heavy atom. The summed E-state index contributed by atoms with van der Waals surface area (Å²) in [6.07, 6.45) is 5.47. The summed E-state index contributed by atoms with van der Waals surface area (Å²) >= 11 is 6.19. The van der Waals surface area contributed by atoms with Gasteiger partial charge in [0.15, 0.2) is 0 Å². The first-order valence-corrected chi connectivity index (χ1v) is 5.16. The summed E-state index contributed by atoms with van der Waals surface area (Å²) in [7, 11) is 2.33. The van der Waals surface area contributed by atoms with Gasteiger partial charge in [0, 0.05) is 5.28 Å². The predicted octanol–water partition coefficient (Wildman–Crippen LogP) is 2.74. The number of rotatable bonds is 0. The van der Waals surface area contributed by atoms with Crippen LogP contribution in [0.15, 0.2) is 0 Å². The second-order valence-electron chi connectivity index (χ2n) is 4.35. The van der Waals surface area contributed by atoms with E-state index in [1.54, 1.807) is 0 Å². The Morgan fingerprint density at radius 1 is 1.27 bits per heavy atom. The van der Waals surface area contributed by atoms with Crippen LogP contribution in [0.25, 0.3) is 0 Å². The zero-order chi connectivity index (χ0) is 7.84. The third kappa shape index (κ3) is 1.59. The van der Waals surface area contributed by atoms with Crippen LogP contribution in [-0.4, -0.2) is 12.6 Å². The fourth-order valence-electron chi connectivity index (χ4n) is 2.77. The largest absolute Gasteiger partial charge is 0.134 e. The molecule has 1 aliphatic carbocycles. The standard InChI is InChI=1S/C9H15BCl/c1-6-2-7-4-8(3-6)9(11)10-5-7/h6-9H,2-5H2,1H3. The molecule has 11 heavy (non-hydrogen) atoms. The highest BCUT2D eigenvalue weighted by atomic mass is 35.5. The summed E-state index contributed by atoms with van der Waals surface area (Å²) in [4.78, 5) is 0. The van der Waals surface area contributed by atoms with Crippen molar-refractivity contribution in [1.29, 1.82) is 0 Å². The van der Waals surface area contributed by atoms with Crippen molar-refractivity contribution < 1.29 is 0 Å². The van der Waals surface area contributed by atoms with Crippen molar-refractivity contribution in [1.82, 2.24) is 0 Å². The van der Waals surface area contributed by atoms with E-state index in [4.69, 9.17) is 11.6 Å². The van der Waals surface area contributed by atoms with Gasteiger partial charge in [0.25, 0.3) is 0 Å². The zero-order valence-electron chi connectivity index (χ0n) is 7.09. The molecule has 1 saturated carbocycles. The molecular formula is C9H15BCl. The van der Waals surface area contributed by atoms with Crippen molar-refractivity contribution in [3.8, 4) is 0 Å². The van der Waals surface area contributed by atoms with Crippen molar-refractivity contribution in [3.63, 3.8) is 0 Å². The Hall–Kier alpha value is 0.355. The van der Waals surface area contributed by atoms with E-state index < -0.39 is 0 Å². The van der Waals surface area contributed by atoms with E-state index in [9.17, 15) is 0 Å². The fourth-order valence-corrected chi connectivity index (χ4v) is 3.08. The summed E-state index contributed by atoms with van der Waals surface area (Å²) in [5, 5.41) is 0.383. The van der Waals surface area contributed by atoms with Gasteiger partial charge in [-0.1, -0.05) is 13.2 Å². The van der Waals surface area contributed by atoms with Crippen LogP contribution < -0.4 is 0 Å². The molecule has 2 rings (SSSR count). The van der Waals surface area contributed by atoms with Crippen LogP contribution in [0, 0.1) is 17.8 Å². The van der Waals surface area contributed by atoms with Gasteiger partial charge in [-0.25, -0.2) is 0 Å². The fraction of sp³-hybridized carbons (Fsp3) is 1.00. The Labute approximate surface area is 74.9 Å². The first-order chi connectivity index (χ1) is 5.25. The van der Waals surface area contributed by atoms with Gasteiger partial charge >= 0.3 is 0 Å². The van der Waals surface area contributed by atoms with Gasteiger partial charge < -0.3 is 0 Å². The van der Waals surface area contributed by atoms with Gasteiger partial charge in [-0.15, -0.1) is 11.6 Å². The Bertz CT molecular complexity index is 146. The lowest BCUT2D eigenvalue weighted by Gasteiger charge is -2.40. The molecule has 0 amide bonds. The molecule has 0 aromatic rings. The number of hydrogen-bond acceptors (Lipinski definition) is 0. The molecule has 61 valence electrons. The van der Waals surface area contributed by atoms with Gasteiger partial charge in [-0.3, -0.25) is 0 Å². The molecule has 1 aliphatic heterocycles. The van der Waals surface area contributed by atoms with Crippen molar-refractivity contribution in [3.05, 3.63) is 0 Å². The number of hydrogen-bond donors (Lipinski definition) is 0. The van der Waals surface area contributed by atoms with Crippen molar-refractivity contribution in [2.24, 2.45) is 17.8 Å². The van der Waals surface area contributed by atoms with Gasteiger partial charge in [0.1, 0.15) is 7.28 Å². The van der Waals surface area contributed by atoms with Crippen LogP contribution in [0.5, 0.6) is 0 Å². The lowest BCUT2D eigenvalue weighted by atomic mass is 9.51. The molecule has 4 atom stereocenters. The van der Waals surface area contributed by atoms with Crippen LogP contribution in [-0.2, 0) is 0 Å². The summed E-state index contributed by atoms with van der Waals surface area (Å²) in [6, 6.07) is 0. The van der Waals surface area contributed by atoms with E-state index >= 15 is 0 Å². The van der Waals surface area contributed by atoms with Crippen molar-refractivity contribution in [2.75, 3.05) is 0 Å². The molecule has 1 radical (unpaired) electrons. The van der Waals surface area contributed by atoms with Gasteiger partial charge in [0.05, 0.1) is 0 Å². The molecular weight excluding hydrogens is 154 g/mol. The van der Waals surface area contributed by atoms with E-state index in [2.05, 4.69) is 14.2 Å². The van der Waals surface area contributed by atoms with Crippen molar-refractivity contribution >= 4 is 18.9 Å². The summed E-state index contributed by atoms with van der Waals surface area (Å²) in [6.45, 7) is 2.37. The van der Waals surface area contributed by atoms with Crippen LogP contribution in [0.1, 0.15) is 26.2 Å². The van der Waals surface area contributed by atoms with E-state index in [0.29, 0.717) is 5.28 Å². The van der Waals surface area contributed by atoms with Crippen LogP contribution in [0.3, 0.4) is 0 Å². The first kappa shape index (κ1) is 7.98. The minimum Gasteiger partial charge on any atom is -0.133 e. The minimum absolute atomic E-state index is 0.383. The minimum atomic E-state index is 0.383. The zero-order valence-corrected chi connectivity index (χ0v) is 7.85. The average molecular weight is 169 g/mol. The smallest absolute Gasteiger partial charge is 0.133 e. The van der Waals surface area contributed by atoms with Gasteiger partial charge in [0.2, 0.25) is 0 Å². The Balaban J connectivity index is 2.02. The summed E-state index contributed by atoms with van der Waals surface area (Å²) < 4.78 is 0. The lowest BCUT2D eigenvalue weighted by molar-refractivity contribution is 0.215. The Kier molecular flexibility index (Phi) is 2.18. The molecule has 2 bridgehead atoms. The monoisotopic (exact) mass is 169 g/mol. The molecule has 0 nitrogen and oxygen atoms in total. The molecule has 2 aliphatic rings. The van der Waals surface area contributed by atoms with Crippen LogP contribution in [0.4, 0.5) is 0 Å². The topological polar surface area (TPSA) is 0 Å². The van der Waals surface area contributed by atoms with Crippen molar-refractivity contribution in [2.45, 2.75) is 37.8 Å². The molecule has 0 aromatic heterocycles. The summed E-state index contributed by atoms with van der Waals surface area (Å²) in [5.41, 5.74) is 0. The van der Waals surface area contributed by atoms with Crippen LogP contribution >= 0.6 is 11.6 Å². The number of fused-ring (bicyclic) bond motifs is 2. The van der Waals surface area contributed by atoms with Gasteiger partial charge in [-0.05, 0) is 37.0 Å². The molecule has 0 aromatic carbocycles. The Morgan fingerprint density at radius 2 is 2.09 bits per heavy atom. The maximum absolute atomic E-state index is 6.19. The SMILES string of the molecule is CC1CC2C[B]C(Cl)C(C1)C2. The second-order valence-corrected chi connectivity index (χ2v) is 4.86. The molecule has 1 heterocycles. The third-order valence-corrected chi connectivity index (χ3v) is 3.76. The number of halogens is 1.